The maximum atomic E-state index is 11.3. The molecule has 0 unspecified atom stereocenters. The Bertz CT molecular complexity index is 831. The minimum atomic E-state index is -0.561. The molecule has 92 valence electrons. The minimum Gasteiger partial charge on any atom is -0.456 e. The number of hydrogen-bond donors (Lipinski definition) is 0. The van der Waals surface area contributed by atoms with Crippen LogP contribution in [0.25, 0.3) is 21.9 Å². The summed E-state index contributed by atoms with van der Waals surface area (Å²) in [5.41, 5.74) is 1.58. The quantitative estimate of drug-likeness (QED) is 0.287. The van der Waals surface area contributed by atoms with Crippen molar-refractivity contribution in [2.45, 2.75) is 6.92 Å². The lowest BCUT2D eigenvalue weighted by Crippen LogP contribution is -2.03. The first-order chi connectivity index (χ1) is 9.28. The van der Waals surface area contributed by atoms with E-state index >= 15 is 0 Å². The average Bonchev–Trinajstić information content (AvgIpc) is 2.77. The molecule has 3 aromatic rings. The molecular formula is C16H10O3. The molecule has 0 aliphatic carbocycles. The number of ether oxygens (including phenoxy) is 1. The van der Waals surface area contributed by atoms with Gasteiger partial charge in [-0.15, -0.1) is 0 Å². The van der Waals surface area contributed by atoms with Crippen molar-refractivity contribution in [3.8, 4) is 17.6 Å². The Morgan fingerprint density at radius 3 is 2.74 bits per heavy atom. The third kappa shape index (κ3) is 2.04. The highest BCUT2D eigenvalue weighted by Crippen LogP contribution is 2.31. The van der Waals surface area contributed by atoms with Crippen molar-refractivity contribution in [3.63, 3.8) is 0 Å². The van der Waals surface area contributed by atoms with Crippen LogP contribution in [0.2, 0.25) is 0 Å². The zero-order chi connectivity index (χ0) is 13.2. The van der Waals surface area contributed by atoms with Crippen LogP contribution in [0.15, 0.2) is 46.9 Å². The van der Waals surface area contributed by atoms with E-state index in [0.29, 0.717) is 5.75 Å². The third-order valence-corrected chi connectivity index (χ3v) is 2.79. The van der Waals surface area contributed by atoms with Gasteiger partial charge in [0.2, 0.25) is 0 Å². The van der Waals surface area contributed by atoms with E-state index < -0.39 is 5.97 Å². The molecule has 0 aliphatic rings. The van der Waals surface area contributed by atoms with E-state index in [4.69, 9.17) is 9.15 Å². The number of furan rings is 1. The summed E-state index contributed by atoms with van der Waals surface area (Å²) in [5.74, 6) is 4.75. The molecule has 0 saturated heterocycles. The second kappa shape index (κ2) is 4.51. The molecule has 3 rings (SSSR count). The van der Waals surface area contributed by atoms with Gasteiger partial charge in [0.1, 0.15) is 16.9 Å². The zero-order valence-corrected chi connectivity index (χ0v) is 10.3. The Labute approximate surface area is 109 Å². The second-order valence-corrected chi connectivity index (χ2v) is 4.02. The van der Waals surface area contributed by atoms with Gasteiger partial charge in [-0.1, -0.05) is 24.1 Å². The number of esters is 1. The Balaban J connectivity index is 2.10. The molecule has 0 aliphatic heterocycles. The van der Waals surface area contributed by atoms with Crippen LogP contribution in [0.1, 0.15) is 6.92 Å². The normalized spacial score (nSPS) is 10.2. The van der Waals surface area contributed by atoms with Gasteiger partial charge in [-0.3, -0.25) is 0 Å². The summed E-state index contributed by atoms with van der Waals surface area (Å²) in [6, 6.07) is 13.0. The predicted octanol–water partition coefficient (Wildman–Crippen LogP) is 3.51. The molecule has 2 aromatic carbocycles. The van der Waals surface area contributed by atoms with Crippen LogP contribution in [0.4, 0.5) is 0 Å². The van der Waals surface area contributed by atoms with Gasteiger partial charge in [-0.25, -0.2) is 4.79 Å². The molecule has 1 heterocycles. The average molecular weight is 250 g/mol. The molecule has 0 spiro atoms. The number of para-hydroxylation sites is 1. The number of carbonyl (C=O) groups is 1. The fraction of sp³-hybridized carbons (Fsp3) is 0.0625. The lowest BCUT2D eigenvalue weighted by atomic mass is 10.1. The largest absolute Gasteiger partial charge is 0.456 e. The van der Waals surface area contributed by atoms with Crippen molar-refractivity contribution in [1.29, 1.82) is 0 Å². The van der Waals surface area contributed by atoms with Crippen LogP contribution in [0.3, 0.4) is 0 Å². The molecule has 0 saturated carbocycles. The van der Waals surface area contributed by atoms with Crippen molar-refractivity contribution in [3.05, 3.63) is 42.5 Å². The van der Waals surface area contributed by atoms with E-state index in [1.807, 2.05) is 24.3 Å². The van der Waals surface area contributed by atoms with Gasteiger partial charge in [0, 0.05) is 16.7 Å². The number of hydrogen-bond acceptors (Lipinski definition) is 3. The van der Waals surface area contributed by atoms with Gasteiger partial charge in [0.15, 0.2) is 0 Å². The molecule has 0 fully saturated rings. The highest BCUT2D eigenvalue weighted by atomic mass is 16.5. The van der Waals surface area contributed by atoms with E-state index in [-0.39, 0.29) is 0 Å². The van der Waals surface area contributed by atoms with Crippen molar-refractivity contribution in [1.82, 2.24) is 0 Å². The fourth-order valence-corrected chi connectivity index (χ4v) is 2.00. The standard InChI is InChI=1S/C16H10O3/c1-2-5-16(17)18-11-8-9-15-13(10-11)12-6-3-4-7-14(12)19-15/h3-4,6-10H,1H3. The molecule has 19 heavy (non-hydrogen) atoms. The first kappa shape index (κ1) is 11.4. The Kier molecular flexibility index (Phi) is 2.70. The first-order valence-corrected chi connectivity index (χ1v) is 5.84. The van der Waals surface area contributed by atoms with Gasteiger partial charge in [0.05, 0.1) is 0 Å². The number of benzene rings is 2. The topological polar surface area (TPSA) is 39.4 Å². The van der Waals surface area contributed by atoms with E-state index in [1.165, 1.54) is 0 Å². The van der Waals surface area contributed by atoms with Crippen molar-refractivity contribution >= 4 is 27.9 Å². The highest BCUT2D eigenvalue weighted by Gasteiger charge is 2.08. The van der Waals surface area contributed by atoms with Gasteiger partial charge < -0.3 is 9.15 Å². The van der Waals surface area contributed by atoms with Crippen LogP contribution in [-0.2, 0) is 4.79 Å². The molecule has 1 aromatic heterocycles. The summed E-state index contributed by atoms with van der Waals surface area (Å²) in [4.78, 5) is 11.3. The molecule has 0 radical (unpaired) electrons. The minimum absolute atomic E-state index is 0.465. The summed E-state index contributed by atoms with van der Waals surface area (Å²) in [6.45, 7) is 1.59. The summed E-state index contributed by atoms with van der Waals surface area (Å²) >= 11 is 0. The Hall–Kier alpha value is -2.73. The molecule has 0 amide bonds. The maximum absolute atomic E-state index is 11.3. The predicted molar refractivity (Wildman–Crippen MR) is 72.8 cm³/mol. The number of fused-ring (bicyclic) bond motifs is 3. The van der Waals surface area contributed by atoms with Gasteiger partial charge in [-0.05, 0) is 31.2 Å². The molecular weight excluding hydrogens is 240 g/mol. The molecule has 3 nitrogen and oxygen atoms in total. The van der Waals surface area contributed by atoms with Crippen LogP contribution in [0, 0.1) is 11.8 Å². The van der Waals surface area contributed by atoms with Crippen LogP contribution in [0.5, 0.6) is 5.75 Å². The number of rotatable bonds is 1. The maximum Gasteiger partial charge on any atom is 0.389 e. The summed E-state index contributed by atoms with van der Waals surface area (Å²) in [6.07, 6.45) is 0. The van der Waals surface area contributed by atoms with Crippen molar-refractivity contribution in [2.75, 3.05) is 0 Å². The van der Waals surface area contributed by atoms with E-state index in [0.717, 1.165) is 21.9 Å². The van der Waals surface area contributed by atoms with Gasteiger partial charge >= 0.3 is 5.97 Å². The molecule has 0 N–H and O–H groups in total. The van der Waals surface area contributed by atoms with Crippen LogP contribution in [-0.4, -0.2) is 5.97 Å². The van der Waals surface area contributed by atoms with Crippen molar-refractivity contribution < 1.29 is 13.9 Å². The lowest BCUT2D eigenvalue weighted by molar-refractivity contribution is -0.128. The number of carbonyl (C=O) groups excluding carboxylic acids is 1. The molecule has 0 atom stereocenters. The molecule has 3 heteroatoms. The lowest BCUT2D eigenvalue weighted by Gasteiger charge is -1.99. The smallest absolute Gasteiger partial charge is 0.389 e. The van der Waals surface area contributed by atoms with E-state index in [9.17, 15) is 4.79 Å². The highest BCUT2D eigenvalue weighted by molar-refractivity contribution is 6.05. The Morgan fingerprint density at radius 1 is 1.11 bits per heavy atom. The first-order valence-electron chi connectivity index (χ1n) is 5.84. The zero-order valence-electron chi connectivity index (χ0n) is 10.3. The summed E-state index contributed by atoms with van der Waals surface area (Å²) in [5, 5.41) is 1.92. The molecule has 0 bridgehead atoms. The van der Waals surface area contributed by atoms with Crippen molar-refractivity contribution in [2.24, 2.45) is 0 Å². The fourth-order valence-electron chi connectivity index (χ4n) is 2.00. The van der Waals surface area contributed by atoms with E-state index in [2.05, 4.69) is 11.8 Å². The van der Waals surface area contributed by atoms with Crippen LogP contribution >= 0.6 is 0 Å². The summed E-state index contributed by atoms with van der Waals surface area (Å²) in [7, 11) is 0. The van der Waals surface area contributed by atoms with Gasteiger partial charge in [0.25, 0.3) is 0 Å². The second-order valence-electron chi connectivity index (χ2n) is 4.02. The van der Waals surface area contributed by atoms with Gasteiger partial charge in [-0.2, -0.15) is 0 Å². The monoisotopic (exact) mass is 250 g/mol. The van der Waals surface area contributed by atoms with Crippen LogP contribution < -0.4 is 4.74 Å². The SMILES string of the molecule is CC#CC(=O)Oc1ccc2oc3ccccc3c2c1. The van der Waals surface area contributed by atoms with E-state index in [1.54, 1.807) is 25.1 Å². The third-order valence-electron chi connectivity index (χ3n) is 2.79. The summed E-state index contributed by atoms with van der Waals surface area (Å²) < 4.78 is 10.8. The Morgan fingerprint density at radius 2 is 1.89 bits per heavy atom.